The zero-order chi connectivity index (χ0) is 16.4. The average Bonchev–Trinajstić information content (AvgIpc) is 3.05. The fraction of sp³-hybridized carbons (Fsp3) is 0.625. The summed E-state index contributed by atoms with van der Waals surface area (Å²) in [5.41, 5.74) is 0. The second-order valence-electron chi connectivity index (χ2n) is 6.44. The van der Waals surface area contributed by atoms with Gasteiger partial charge in [0.05, 0.1) is 11.2 Å². The molecule has 0 unspecified atom stereocenters. The minimum atomic E-state index is -0.0456. The fourth-order valence-electron chi connectivity index (χ4n) is 2.35. The van der Waals surface area contributed by atoms with Crippen molar-refractivity contribution in [1.29, 1.82) is 0 Å². The summed E-state index contributed by atoms with van der Waals surface area (Å²) in [4.78, 5) is 21.7. The predicted octanol–water partition coefficient (Wildman–Crippen LogP) is 2.32. The summed E-state index contributed by atoms with van der Waals surface area (Å²) >= 11 is 1.51. The highest BCUT2D eigenvalue weighted by Gasteiger charge is 2.23. The minimum absolute atomic E-state index is 0.0456. The van der Waals surface area contributed by atoms with E-state index in [4.69, 9.17) is 0 Å². The zero-order valence-corrected chi connectivity index (χ0v) is 14.7. The predicted molar refractivity (Wildman–Crippen MR) is 89.7 cm³/mol. The molecule has 23 heavy (non-hydrogen) atoms. The van der Waals surface area contributed by atoms with Crippen molar-refractivity contribution in [3.05, 3.63) is 27.7 Å². The SMILES string of the molecule is CC(C)c1nc(CCNC(=O)c2cnc(CC3CC3)s2)n(C)n1. The van der Waals surface area contributed by atoms with Crippen LogP contribution in [0.25, 0.3) is 0 Å². The van der Waals surface area contributed by atoms with E-state index in [9.17, 15) is 4.79 Å². The molecule has 6 nitrogen and oxygen atoms in total. The largest absolute Gasteiger partial charge is 0.351 e. The molecule has 2 aromatic heterocycles. The van der Waals surface area contributed by atoms with Gasteiger partial charge in [-0.2, -0.15) is 5.10 Å². The summed E-state index contributed by atoms with van der Waals surface area (Å²) in [5.74, 6) is 2.80. The highest BCUT2D eigenvalue weighted by Crippen LogP contribution is 2.33. The van der Waals surface area contributed by atoms with Gasteiger partial charge in [-0.15, -0.1) is 11.3 Å². The number of nitrogens with one attached hydrogen (secondary N) is 1. The monoisotopic (exact) mass is 333 g/mol. The van der Waals surface area contributed by atoms with Crippen LogP contribution in [0.2, 0.25) is 0 Å². The Bertz CT molecular complexity index is 686. The molecule has 0 aliphatic heterocycles. The van der Waals surface area contributed by atoms with Gasteiger partial charge in [0.25, 0.3) is 5.91 Å². The summed E-state index contributed by atoms with van der Waals surface area (Å²) in [6.45, 7) is 4.70. The lowest BCUT2D eigenvalue weighted by molar-refractivity contribution is 0.0957. The molecule has 0 bridgehead atoms. The molecule has 0 saturated heterocycles. The van der Waals surface area contributed by atoms with E-state index < -0.39 is 0 Å². The van der Waals surface area contributed by atoms with Crippen molar-refractivity contribution in [2.24, 2.45) is 13.0 Å². The number of nitrogens with zero attached hydrogens (tertiary/aromatic N) is 4. The lowest BCUT2D eigenvalue weighted by atomic mass is 10.2. The standard InChI is InChI=1S/C16H23N5OS/c1-10(2)15-19-13(21(3)20-15)6-7-17-16(22)12-9-18-14(23-12)8-11-4-5-11/h9-11H,4-8H2,1-3H3,(H,17,22). The second kappa shape index (κ2) is 6.78. The van der Waals surface area contributed by atoms with Crippen molar-refractivity contribution in [3.8, 4) is 0 Å². The summed E-state index contributed by atoms with van der Waals surface area (Å²) in [5, 5.41) is 8.41. The molecular weight excluding hydrogens is 310 g/mol. The number of hydrogen-bond donors (Lipinski definition) is 1. The first-order valence-electron chi connectivity index (χ1n) is 8.15. The lowest BCUT2D eigenvalue weighted by Crippen LogP contribution is -2.25. The van der Waals surface area contributed by atoms with Gasteiger partial charge in [-0.1, -0.05) is 13.8 Å². The van der Waals surface area contributed by atoms with Crippen LogP contribution in [0.15, 0.2) is 6.20 Å². The van der Waals surface area contributed by atoms with Crippen LogP contribution in [-0.2, 0) is 19.9 Å². The highest BCUT2D eigenvalue weighted by atomic mass is 32.1. The van der Waals surface area contributed by atoms with Crippen molar-refractivity contribution in [2.45, 2.75) is 45.4 Å². The van der Waals surface area contributed by atoms with Gasteiger partial charge in [0.1, 0.15) is 10.7 Å². The first kappa shape index (κ1) is 16.1. The molecule has 7 heteroatoms. The molecule has 1 fully saturated rings. The molecule has 0 spiro atoms. The summed E-state index contributed by atoms with van der Waals surface area (Å²) in [6, 6.07) is 0. The van der Waals surface area contributed by atoms with Crippen molar-refractivity contribution >= 4 is 17.2 Å². The molecule has 2 heterocycles. The van der Waals surface area contributed by atoms with Gasteiger partial charge in [0.15, 0.2) is 5.82 Å². The Balaban J connectivity index is 1.49. The molecule has 0 radical (unpaired) electrons. The van der Waals surface area contributed by atoms with E-state index in [-0.39, 0.29) is 5.91 Å². The fourth-order valence-corrected chi connectivity index (χ4v) is 3.30. The second-order valence-corrected chi connectivity index (χ2v) is 7.55. The molecule has 1 aliphatic carbocycles. The number of carbonyl (C=O) groups is 1. The molecular formula is C16H23N5OS. The maximum Gasteiger partial charge on any atom is 0.263 e. The van der Waals surface area contributed by atoms with Crippen LogP contribution < -0.4 is 5.32 Å². The van der Waals surface area contributed by atoms with E-state index in [1.165, 1.54) is 24.2 Å². The highest BCUT2D eigenvalue weighted by molar-refractivity contribution is 7.13. The molecule has 1 amide bonds. The first-order valence-corrected chi connectivity index (χ1v) is 8.97. The van der Waals surface area contributed by atoms with Crippen LogP contribution in [0.3, 0.4) is 0 Å². The minimum Gasteiger partial charge on any atom is -0.351 e. The Morgan fingerprint density at radius 2 is 2.26 bits per heavy atom. The maximum absolute atomic E-state index is 12.2. The van der Waals surface area contributed by atoms with E-state index in [0.717, 1.165) is 29.0 Å². The normalized spacial score (nSPS) is 14.4. The Kier molecular flexibility index (Phi) is 4.75. The smallest absolute Gasteiger partial charge is 0.263 e. The number of rotatable bonds is 7. The quantitative estimate of drug-likeness (QED) is 0.844. The van der Waals surface area contributed by atoms with Crippen LogP contribution in [0.5, 0.6) is 0 Å². The van der Waals surface area contributed by atoms with Gasteiger partial charge in [-0.25, -0.2) is 9.97 Å². The van der Waals surface area contributed by atoms with Crippen molar-refractivity contribution in [2.75, 3.05) is 6.54 Å². The number of aryl methyl sites for hydroxylation is 1. The molecule has 0 atom stereocenters. The molecule has 2 aromatic rings. The average molecular weight is 333 g/mol. The van der Waals surface area contributed by atoms with Crippen LogP contribution in [0, 0.1) is 5.92 Å². The topological polar surface area (TPSA) is 72.7 Å². The van der Waals surface area contributed by atoms with Gasteiger partial charge in [0.2, 0.25) is 0 Å². The Hall–Kier alpha value is -1.76. The van der Waals surface area contributed by atoms with Crippen molar-refractivity contribution in [1.82, 2.24) is 25.1 Å². The molecule has 3 rings (SSSR count). The van der Waals surface area contributed by atoms with Crippen LogP contribution in [0.1, 0.15) is 58.9 Å². The van der Waals surface area contributed by atoms with Gasteiger partial charge in [-0.3, -0.25) is 9.48 Å². The van der Waals surface area contributed by atoms with E-state index in [1.807, 2.05) is 7.05 Å². The Morgan fingerprint density at radius 3 is 2.91 bits per heavy atom. The summed E-state index contributed by atoms with van der Waals surface area (Å²) in [7, 11) is 1.89. The molecule has 0 aromatic carbocycles. The molecule has 1 saturated carbocycles. The van der Waals surface area contributed by atoms with E-state index in [1.54, 1.807) is 10.9 Å². The van der Waals surface area contributed by atoms with Crippen molar-refractivity contribution < 1.29 is 4.79 Å². The maximum atomic E-state index is 12.2. The van der Waals surface area contributed by atoms with E-state index >= 15 is 0 Å². The number of hydrogen-bond acceptors (Lipinski definition) is 5. The number of aromatic nitrogens is 4. The Labute approximate surface area is 140 Å². The number of carbonyl (C=O) groups excluding carboxylic acids is 1. The third-order valence-corrected chi connectivity index (χ3v) is 4.98. The first-order chi connectivity index (χ1) is 11.0. The third kappa shape index (κ3) is 4.16. The summed E-state index contributed by atoms with van der Waals surface area (Å²) < 4.78 is 1.79. The number of thiazole rings is 1. The van der Waals surface area contributed by atoms with Crippen LogP contribution in [-0.4, -0.2) is 32.2 Å². The lowest BCUT2D eigenvalue weighted by Gasteiger charge is -2.02. The van der Waals surface area contributed by atoms with Crippen LogP contribution >= 0.6 is 11.3 Å². The van der Waals surface area contributed by atoms with Crippen LogP contribution in [0.4, 0.5) is 0 Å². The van der Waals surface area contributed by atoms with E-state index in [2.05, 4.69) is 34.2 Å². The zero-order valence-electron chi connectivity index (χ0n) is 13.9. The van der Waals surface area contributed by atoms with Gasteiger partial charge >= 0.3 is 0 Å². The number of amides is 1. The molecule has 1 aliphatic rings. The molecule has 124 valence electrons. The van der Waals surface area contributed by atoms with Gasteiger partial charge < -0.3 is 5.32 Å². The van der Waals surface area contributed by atoms with Crippen molar-refractivity contribution in [3.63, 3.8) is 0 Å². The molecule has 1 N–H and O–H groups in total. The van der Waals surface area contributed by atoms with Gasteiger partial charge in [0, 0.05) is 32.4 Å². The van der Waals surface area contributed by atoms with E-state index in [0.29, 0.717) is 23.8 Å². The third-order valence-electron chi connectivity index (χ3n) is 3.96. The van der Waals surface area contributed by atoms with Gasteiger partial charge in [-0.05, 0) is 18.8 Å². The summed E-state index contributed by atoms with van der Waals surface area (Å²) in [6.07, 6.45) is 6.00. The Morgan fingerprint density at radius 1 is 1.48 bits per heavy atom.